The summed E-state index contributed by atoms with van der Waals surface area (Å²) in [6, 6.07) is 7.76. The van der Waals surface area contributed by atoms with Gasteiger partial charge in [0.2, 0.25) is 0 Å². The second-order valence-corrected chi connectivity index (χ2v) is 3.36. The average molecular weight is 203 g/mol. The summed E-state index contributed by atoms with van der Waals surface area (Å²) in [6.45, 7) is 1.89. The highest BCUT2D eigenvalue weighted by atomic mass is 19.1. The molecule has 1 heterocycles. The molecule has 2 nitrogen and oxygen atoms in total. The van der Waals surface area contributed by atoms with Gasteiger partial charge >= 0.3 is 0 Å². The van der Waals surface area contributed by atoms with Gasteiger partial charge in [0.15, 0.2) is 0 Å². The van der Waals surface area contributed by atoms with Crippen molar-refractivity contribution < 1.29 is 9.50 Å². The summed E-state index contributed by atoms with van der Waals surface area (Å²) < 4.78 is 13.0. The molecule has 1 aromatic carbocycles. The molecule has 0 amide bonds. The maximum Gasteiger partial charge on any atom is 0.133 e. The molecule has 0 saturated heterocycles. The SMILES string of the molecule is Cc1ccc(F)cc1-c1ccc(O)cn1. The van der Waals surface area contributed by atoms with Gasteiger partial charge in [-0.15, -0.1) is 0 Å². The molecule has 0 aliphatic rings. The summed E-state index contributed by atoms with van der Waals surface area (Å²) >= 11 is 0. The number of benzene rings is 1. The topological polar surface area (TPSA) is 33.1 Å². The Morgan fingerprint density at radius 3 is 2.67 bits per heavy atom. The molecule has 0 fully saturated rings. The molecule has 1 N–H and O–H groups in total. The molecule has 0 atom stereocenters. The number of nitrogens with zero attached hydrogens (tertiary/aromatic N) is 1. The van der Waals surface area contributed by atoms with Gasteiger partial charge in [-0.25, -0.2) is 4.39 Å². The van der Waals surface area contributed by atoms with Crippen molar-refractivity contribution in [3.05, 3.63) is 47.9 Å². The van der Waals surface area contributed by atoms with Crippen LogP contribution in [0.15, 0.2) is 36.5 Å². The Balaban J connectivity index is 2.53. The van der Waals surface area contributed by atoms with Crippen molar-refractivity contribution in [2.24, 2.45) is 0 Å². The van der Waals surface area contributed by atoms with Crippen LogP contribution in [0.1, 0.15) is 5.56 Å². The highest BCUT2D eigenvalue weighted by Gasteiger charge is 2.04. The van der Waals surface area contributed by atoms with E-state index >= 15 is 0 Å². The first kappa shape index (κ1) is 9.65. The molecule has 0 radical (unpaired) electrons. The van der Waals surface area contributed by atoms with Crippen LogP contribution in [-0.2, 0) is 0 Å². The van der Waals surface area contributed by atoms with Gasteiger partial charge < -0.3 is 5.11 Å². The number of rotatable bonds is 1. The van der Waals surface area contributed by atoms with Crippen LogP contribution in [0.3, 0.4) is 0 Å². The number of aromatic nitrogens is 1. The van der Waals surface area contributed by atoms with Gasteiger partial charge in [0.05, 0.1) is 11.9 Å². The molecular weight excluding hydrogens is 193 g/mol. The Morgan fingerprint density at radius 2 is 2.00 bits per heavy atom. The normalized spacial score (nSPS) is 10.3. The van der Waals surface area contributed by atoms with Crippen LogP contribution < -0.4 is 0 Å². The van der Waals surface area contributed by atoms with Gasteiger partial charge in [-0.05, 0) is 36.8 Å². The largest absolute Gasteiger partial charge is 0.506 e. The van der Waals surface area contributed by atoms with E-state index in [4.69, 9.17) is 5.11 Å². The molecule has 0 spiro atoms. The summed E-state index contributed by atoms with van der Waals surface area (Å²) in [5.41, 5.74) is 2.36. The third kappa shape index (κ3) is 1.96. The van der Waals surface area contributed by atoms with E-state index in [2.05, 4.69) is 4.98 Å². The monoisotopic (exact) mass is 203 g/mol. The first-order chi connectivity index (χ1) is 7.16. The quantitative estimate of drug-likeness (QED) is 0.773. The van der Waals surface area contributed by atoms with E-state index in [0.29, 0.717) is 5.69 Å². The van der Waals surface area contributed by atoms with Gasteiger partial charge in [0.1, 0.15) is 11.6 Å². The van der Waals surface area contributed by atoms with Gasteiger partial charge in [-0.3, -0.25) is 4.98 Å². The van der Waals surface area contributed by atoms with Crippen LogP contribution in [0.25, 0.3) is 11.3 Å². The first-order valence-corrected chi connectivity index (χ1v) is 4.58. The molecule has 1 aromatic heterocycles. The Bertz CT molecular complexity index is 479. The average Bonchev–Trinajstić information content (AvgIpc) is 2.23. The Hall–Kier alpha value is -1.90. The fourth-order valence-electron chi connectivity index (χ4n) is 1.42. The highest BCUT2D eigenvalue weighted by Crippen LogP contribution is 2.23. The lowest BCUT2D eigenvalue weighted by atomic mass is 10.1. The van der Waals surface area contributed by atoms with Crippen molar-refractivity contribution >= 4 is 0 Å². The minimum absolute atomic E-state index is 0.104. The highest BCUT2D eigenvalue weighted by molar-refractivity contribution is 5.63. The summed E-state index contributed by atoms with van der Waals surface area (Å²) in [7, 11) is 0. The zero-order valence-electron chi connectivity index (χ0n) is 8.24. The predicted octanol–water partition coefficient (Wildman–Crippen LogP) is 2.90. The van der Waals surface area contributed by atoms with Crippen LogP contribution in [0.2, 0.25) is 0 Å². The van der Waals surface area contributed by atoms with Crippen molar-refractivity contribution in [2.75, 3.05) is 0 Å². The third-order valence-electron chi connectivity index (χ3n) is 2.22. The summed E-state index contributed by atoms with van der Waals surface area (Å²) in [5.74, 6) is -0.182. The van der Waals surface area contributed by atoms with Crippen LogP contribution in [-0.4, -0.2) is 10.1 Å². The number of aryl methyl sites for hydroxylation is 1. The van der Waals surface area contributed by atoms with Gasteiger partial charge in [-0.1, -0.05) is 6.07 Å². The summed E-state index contributed by atoms with van der Waals surface area (Å²) in [5, 5.41) is 9.09. The summed E-state index contributed by atoms with van der Waals surface area (Å²) in [6.07, 6.45) is 1.35. The fraction of sp³-hybridized carbons (Fsp3) is 0.0833. The maximum absolute atomic E-state index is 13.0. The maximum atomic E-state index is 13.0. The van der Waals surface area contributed by atoms with E-state index in [1.807, 2.05) is 6.92 Å². The molecule has 76 valence electrons. The number of hydrogen-bond acceptors (Lipinski definition) is 2. The second-order valence-electron chi connectivity index (χ2n) is 3.36. The van der Waals surface area contributed by atoms with E-state index in [1.165, 1.54) is 24.4 Å². The van der Waals surface area contributed by atoms with Crippen LogP contribution in [0.5, 0.6) is 5.75 Å². The Labute approximate surface area is 87.0 Å². The number of aromatic hydroxyl groups is 1. The molecule has 0 saturated carbocycles. The Morgan fingerprint density at radius 1 is 1.20 bits per heavy atom. The standard InChI is InChI=1S/C12H10FNO/c1-8-2-3-9(13)6-11(8)12-5-4-10(15)7-14-12/h2-7,15H,1H3. The van der Waals surface area contributed by atoms with Crippen LogP contribution in [0, 0.1) is 12.7 Å². The van der Waals surface area contributed by atoms with Gasteiger partial charge in [-0.2, -0.15) is 0 Å². The lowest BCUT2D eigenvalue weighted by Crippen LogP contribution is -1.87. The second kappa shape index (κ2) is 3.69. The third-order valence-corrected chi connectivity index (χ3v) is 2.22. The minimum Gasteiger partial charge on any atom is -0.506 e. The minimum atomic E-state index is -0.287. The van der Waals surface area contributed by atoms with E-state index in [-0.39, 0.29) is 11.6 Å². The molecule has 15 heavy (non-hydrogen) atoms. The van der Waals surface area contributed by atoms with Gasteiger partial charge in [0, 0.05) is 5.56 Å². The number of hydrogen-bond donors (Lipinski definition) is 1. The summed E-state index contributed by atoms with van der Waals surface area (Å²) in [4.78, 5) is 4.03. The van der Waals surface area contributed by atoms with E-state index < -0.39 is 0 Å². The molecule has 0 unspecified atom stereocenters. The van der Waals surface area contributed by atoms with Crippen molar-refractivity contribution in [1.29, 1.82) is 0 Å². The lowest BCUT2D eigenvalue weighted by molar-refractivity contribution is 0.473. The Kier molecular flexibility index (Phi) is 2.37. The van der Waals surface area contributed by atoms with Gasteiger partial charge in [0.25, 0.3) is 0 Å². The predicted molar refractivity (Wildman–Crippen MR) is 56.0 cm³/mol. The van der Waals surface area contributed by atoms with E-state index in [0.717, 1.165) is 11.1 Å². The van der Waals surface area contributed by atoms with Crippen LogP contribution >= 0.6 is 0 Å². The molecule has 0 aliphatic carbocycles. The zero-order chi connectivity index (χ0) is 10.8. The number of halogens is 1. The smallest absolute Gasteiger partial charge is 0.133 e. The number of pyridine rings is 1. The van der Waals surface area contributed by atoms with Crippen LogP contribution in [0.4, 0.5) is 4.39 Å². The van der Waals surface area contributed by atoms with E-state index in [1.54, 1.807) is 12.1 Å². The molecule has 2 rings (SSSR count). The molecule has 0 aliphatic heterocycles. The molecule has 0 bridgehead atoms. The molecule has 2 aromatic rings. The van der Waals surface area contributed by atoms with Crippen molar-refractivity contribution in [1.82, 2.24) is 4.98 Å². The lowest BCUT2D eigenvalue weighted by Gasteiger charge is -2.04. The zero-order valence-corrected chi connectivity index (χ0v) is 8.24. The fourth-order valence-corrected chi connectivity index (χ4v) is 1.42. The van der Waals surface area contributed by atoms with Crippen molar-refractivity contribution in [2.45, 2.75) is 6.92 Å². The first-order valence-electron chi connectivity index (χ1n) is 4.58. The molecule has 3 heteroatoms. The van der Waals surface area contributed by atoms with Crippen molar-refractivity contribution in [3.8, 4) is 17.0 Å². The van der Waals surface area contributed by atoms with E-state index in [9.17, 15) is 4.39 Å². The molecular formula is C12H10FNO. The van der Waals surface area contributed by atoms with Crippen molar-refractivity contribution in [3.63, 3.8) is 0 Å².